The molecular formula is C47H77N3O18. The van der Waals surface area contributed by atoms with Crippen molar-refractivity contribution in [1.29, 1.82) is 0 Å². The molecule has 0 saturated carbocycles. The van der Waals surface area contributed by atoms with Crippen LogP contribution in [0.3, 0.4) is 0 Å². The summed E-state index contributed by atoms with van der Waals surface area (Å²) >= 11 is 0. The molecule has 21 heteroatoms. The molecule has 388 valence electrons. The smallest absolute Gasteiger partial charge is 0.305 e. The second kappa shape index (κ2) is 40.1. The zero-order valence-corrected chi connectivity index (χ0v) is 40.1. The number of amides is 4. The van der Waals surface area contributed by atoms with E-state index in [-0.39, 0.29) is 36.5 Å². The summed E-state index contributed by atoms with van der Waals surface area (Å²) in [7, 11) is 0. The first-order chi connectivity index (χ1) is 33.4. The molecule has 1 aromatic carbocycles. The van der Waals surface area contributed by atoms with Crippen molar-refractivity contribution in [2.24, 2.45) is 0 Å². The van der Waals surface area contributed by atoms with Gasteiger partial charge in [0.15, 0.2) is 0 Å². The minimum Gasteiger partial charge on any atom is -0.463 e. The second-order valence-electron chi connectivity index (χ2n) is 15.3. The molecule has 1 saturated heterocycles. The van der Waals surface area contributed by atoms with E-state index in [2.05, 4.69) is 17.6 Å². The van der Waals surface area contributed by atoms with E-state index in [9.17, 15) is 24.0 Å². The number of benzene rings is 1. The number of fused-ring (bicyclic) bond motifs is 1. The highest BCUT2D eigenvalue weighted by molar-refractivity contribution is 6.25. The Hall–Kier alpha value is -3.71. The maximum atomic E-state index is 13.2. The molecule has 1 unspecified atom stereocenters. The van der Waals surface area contributed by atoms with Gasteiger partial charge in [-0.15, -0.1) is 0 Å². The molecule has 1 fully saturated rings. The van der Waals surface area contributed by atoms with Gasteiger partial charge in [-0.3, -0.25) is 34.2 Å². The highest BCUT2D eigenvalue weighted by Gasteiger charge is 2.45. The Labute approximate surface area is 401 Å². The number of nitrogens with one attached hydrogen (secondary N) is 2. The molecule has 2 heterocycles. The summed E-state index contributed by atoms with van der Waals surface area (Å²) in [6.45, 7) is 13.4. The van der Waals surface area contributed by atoms with Crippen molar-refractivity contribution in [3.05, 3.63) is 29.3 Å². The first-order valence-electron chi connectivity index (χ1n) is 24.1. The predicted molar refractivity (Wildman–Crippen MR) is 246 cm³/mol. The quantitative estimate of drug-likeness (QED) is 0.0543. The molecule has 2 N–H and O–H groups in total. The zero-order valence-electron chi connectivity index (χ0n) is 40.1. The number of rotatable bonds is 47. The Morgan fingerprint density at radius 2 is 0.956 bits per heavy atom. The fourth-order valence-corrected chi connectivity index (χ4v) is 6.60. The topological polar surface area (TPSA) is 233 Å². The molecule has 2 aliphatic rings. The van der Waals surface area contributed by atoms with Gasteiger partial charge in [0.1, 0.15) is 12.6 Å². The van der Waals surface area contributed by atoms with Crippen molar-refractivity contribution < 1.29 is 85.6 Å². The fraction of sp³-hybridized carbons (Fsp3) is 0.766. The van der Waals surface area contributed by atoms with Crippen LogP contribution in [0, 0.1) is 0 Å². The summed E-state index contributed by atoms with van der Waals surface area (Å²) in [5, 5.41) is 5.33. The number of unbranched alkanes of at least 4 members (excludes halogenated alkanes) is 4. The first-order valence-corrected chi connectivity index (χ1v) is 24.1. The van der Waals surface area contributed by atoms with Crippen LogP contribution in [0.1, 0.15) is 79.0 Å². The normalized spacial score (nSPS) is 14.8. The van der Waals surface area contributed by atoms with Gasteiger partial charge in [0.05, 0.1) is 170 Å². The minimum absolute atomic E-state index is 0.0616. The number of carbonyl (C=O) groups is 5. The molecule has 2 aliphatic heterocycles. The van der Waals surface area contributed by atoms with Crippen molar-refractivity contribution >= 4 is 35.3 Å². The molecule has 4 amide bonds. The number of nitrogens with zero attached hydrogens (tertiary/aromatic N) is 1. The summed E-state index contributed by atoms with van der Waals surface area (Å²) in [5.74, 6) is -2.34. The van der Waals surface area contributed by atoms with Gasteiger partial charge < -0.3 is 66.9 Å². The van der Waals surface area contributed by atoms with Crippen LogP contribution >= 0.6 is 0 Å². The molecule has 68 heavy (non-hydrogen) atoms. The van der Waals surface area contributed by atoms with Gasteiger partial charge >= 0.3 is 5.97 Å². The Kier molecular flexibility index (Phi) is 34.5. The maximum absolute atomic E-state index is 13.2. The minimum atomic E-state index is -1.02. The number of hydrogen-bond donors (Lipinski definition) is 2. The summed E-state index contributed by atoms with van der Waals surface area (Å²) < 4.78 is 71.2. The Balaban J connectivity index is 0.942. The molecule has 1 aromatic rings. The third kappa shape index (κ3) is 26.9. The van der Waals surface area contributed by atoms with E-state index >= 15 is 0 Å². The van der Waals surface area contributed by atoms with Crippen LogP contribution in [-0.4, -0.2) is 212 Å². The highest BCUT2D eigenvalue weighted by Crippen LogP contribution is 2.32. The molecule has 0 radical (unpaired) electrons. The van der Waals surface area contributed by atoms with Crippen molar-refractivity contribution in [2.45, 2.75) is 64.3 Å². The van der Waals surface area contributed by atoms with Gasteiger partial charge in [-0.2, -0.15) is 0 Å². The van der Waals surface area contributed by atoms with Gasteiger partial charge in [0.25, 0.3) is 11.8 Å². The standard InChI is InChI=1S/C47H77N3O18/c1-2-3-4-5-6-10-43(52)68-38-37-67-36-35-66-34-33-65-32-31-64-30-29-63-28-27-62-26-25-61-24-23-60-22-21-59-20-19-58-18-17-57-16-15-56-14-13-48-40-9-7-8-39-44(40)47(55)50(46(39)54)41-11-12-42(51)49-45(41)53/h7-9,41,48H,2-6,10-38H2,1H3,(H,49,51,53). The largest absolute Gasteiger partial charge is 0.463 e. The summed E-state index contributed by atoms with van der Waals surface area (Å²) in [6, 6.07) is 3.89. The monoisotopic (exact) mass is 972 g/mol. The van der Waals surface area contributed by atoms with Gasteiger partial charge in [-0.1, -0.05) is 38.7 Å². The maximum Gasteiger partial charge on any atom is 0.305 e. The number of anilines is 1. The van der Waals surface area contributed by atoms with Gasteiger partial charge in [0, 0.05) is 25.1 Å². The van der Waals surface area contributed by atoms with Crippen molar-refractivity contribution in [3.8, 4) is 0 Å². The lowest BCUT2D eigenvalue weighted by atomic mass is 10.0. The number of esters is 1. The third-order valence-corrected chi connectivity index (χ3v) is 10.1. The van der Waals surface area contributed by atoms with Crippen LogP contribution in [0.25, 0.3) is 0 Å². The molecule has 1 atom stereocenters. The van der Waals surface area contributed by atoms with Crippen molar-refractivity contribution in [2.75, 3.05) is 177 Å². The highest BCUT2D eigenvalue weighted by atomic mass is 16.6. The van der Waals surface area contributed by atoms with Crippen molar-refractivity contribution in [3.63, 3.8) is 0 Å². The van der Waals surface area contributed by atoms with E-state index in [1.54, 1.807) is 18.2 Å². The van der Waals surface area contributed by atoms with E-state index in [1.807, 2.05) is 0 Å². The summed E-state index contributed by atoms with van der Waals surface area (Å²) in [6.07, 6.45) is 6.17. The predicted octanol–water partition coefficient (Wildman–Crippen LogP) is 2.60. The van der Waals surface area contributed by atoms with Crippen LogP contribution in [0.5, 0.6) is 0 Å². The van der Waals surface area contributed by atoms with Crippen LogP contribution in [0.15, 0.2) is 18.2 Å². The van der Waals surface area contributed by atoms with Crippen LogP contribution in [0.4, 0.5) is 5.69 Å². The number of imide groups is 2. The van der Waals surface area contributed by atoms with Gasteiger partial charge in [-0.25, -0.2) is 0 Å². The lowest BCUT2D eigenvalue weighted by Gasteiger charge is -2.27. The van der Waals surface area contributed by atoms with E-state index in [0.29, 0.717) is 177 Å². The Morgan fingerprint density at radius 3 is 1.38 bits per heavy atom. The lowest BCUT2D eigenvalue weighted by Crippen LogP contribution is -2.54. The lowest BCUT2D eigenvalue weighted by molar-refractivity contribution is -0.145. The molecule has 0 spiro atoms. The average molecular weight is 972 g/mol. The van der Waals surface area contributed by atoms with E-state index < -0.39 is 29.7 Å². The molecule has 0 aliphatic carbocycles. The summed E-state index contributed by atoms with van der Waals surface area (Å²) in [4.78, 5) is 62.6. The Morgan fingerprint density at radius 1 is 0.544 bits per heavy atom. The number of ether oxygens (including phenoxy) is 13. The molecule has 21 nitrogen and oxygen atoms in total. The van der Waals surface area contributed by atoms with E-state index in [0.717, 1.165) is 17.7 Å². The zero-order chi connectivity index (χ0) is 48.5. The third-order valence-electron chi connectivity index (χ3n) is 10.1. The van der Waals surface area contributed by atoms with Crippen LogP contribution < -0.4 is 10.6 Å². The van der Waals surface area contributed by atoms with E-state index in [1.165, 1.54) is 19.3 Å². The fourth-order valence-electron chi connectivity index (χ4n) is 6.60. The van der Waals surface area contributed by atoms with Crippen LogP contribution in [-0.2, 0) is 76.0 Å². The molecule has 0 bridgehead atoms. The number of hydrogen-bond acceptors (Lipinski definition) is 19. The average Bonchev–Trinajstić information content (AvgIpc) is 3.59. The number of piperidine rings is 1. The number of carbonyl (C=O) groups excluding carboxylic acids is 5. The SMILES string of the molecule is CCCCCCCC(=O)OCCOCCOCCOCCOCCOCCOCCOCCOCCOCCOCCOCCOCCNc1cccc2c1C(=O)N(C1CCC(=O)NC1=O)C2=O. The van der Waals surface area contributed by atoms with Gasteiger partial charge in [0.2, 0.25) is 11.8 Å². The first kappa shape index (κ1) is 58.6. The Bertz CT molecular complexity index is 1520. The van der Waals surface area contributed by atoms with Crippen molar-refractivity contribution in [1.82, 2.24) is 10.2 Å². The van der Waals surface area contributed by atoms with E-state index in [4.69, 9.17) is 61.6 Å². The molecular weight excluding hydrogens is 895 g/mol. The second-order valence-corrected chi connectivity index (χ2v) is 15.3. The van der Waals surface area contributed by atoms with Crippen LogP contribution in [0.2, 0.25) is 0 Å². The molecule has 0 aromatic heterocycles. The van der Waals surface area contributed by atoms with Gasteiger partial charge in [-0.05, 0) is 25.0 Å². The summed E-state index contributed by atoms with van der Waals surface area (Å²) in [5.41, 5.74) is 0.895. The molecule has 3 rings (SSSR count).